The molecule has 0 bridgehead atoms. The molecule has 0 aliphatic carbocycles. The van der Waals surface area contributed by atoms with Gasteiger partial charge in [-0.05, 0) is 33.6 Å². The van der Waals surface area contributed by atoms with Crippen LogP contribution in [0.15, 0.2) is 9.42 Å². The highest BCUT2D eigenvalue weighted by Crippen LogP contribution is 2.28. The van der Waals surface area contributed by atoms with Crippen LogP contribution in [0, 0.1) is 19.8 Å². The van der Waals surface area contributed by atoms with Crippen LogP contribution in [0.1, 0.15) is 31.2 Å². The van der Waals surface area contributed by atoms with Gasteiger partial charge in [-0.1, -0.05) is 5.16 Å². The molecule has 2 aliphatic rings. The van der Waals surface area contributed by atoms with Crippen molar-refractivity contribution >= 4 is 22.0 Å². The van der Waals surface area contributed by atoms with E-state index >= 15 is 0 Å². The van der Waals surface area contributed by atoms with Gasteiger partial charge in [-0.2, -0.15) is 4.31 Å². The van der Waals surface area contributed by atoms with Crippen molar-refractivity contribution in [2.75, 3.05) is 45.9 Å². The lowest BCUT2D eigenvalue weighted by Gasteiger charge is -2.37. The molecule has 29 heavy (non-hydrogen) atoms. The molecule has 2 aliphatic heterocycles. The van der Waals surface area contributed by atoms with E-state index in [1.54, 1.807) is 30.6 Å². The lowest BCUT2D eigenvalue weighted by atomic mass is 9.96. The third-order valence-corrected chi connectivity index (χ3v) is 7.63. The Morgan fingerprint density at radius 3 is 2.17 bits per heavy atom. The highest BCUT2D eigenvalue weighted by Gasteiger charge is 2.37. The van der Waals surface area contributed by atoms with E-state index < -0.39 is 10.0 Å². The van der Waals surface area contributed by atoms with E-state index in [2.05, 4.69) is 5.16 Å². The molecule has 2 amide bonds. The van der Waals surface area contributed by atoms with E-state index in [4.69, 9.17) is 9.26 Å². The number of hydrogen-bond acceptors (Lipinski definition) is 7. The molecular formula is C18H28N4O6S. The molecule has 1 aromatic rings. The van der Waals surface area contributed by atoms with Crippen molar-refractivity contribution in [2.24, 2.45) is 5.92 Å². The molecule has 2 saturated heterocycles. The maximum Gasteiger partial charge on any atom is 0.409 e. The predicted octanol–water partition coefficient (Wildman–Crippen LogP) is 0.993. The molecule has 1 aromatic heterocycles. The van der Waals surface area contributed by atoms with E-state index in [0.717, 1.165) is 0 Å². The second kappa shape index (κ2) is 8.70. The normalized spacial score (nSPS) is 19.4. The summed E-state index contributed by atoms with van der Waals surface area (Å²) in [5.41, 5.74) is 0.347. The second-order valence-corrected chi connectivity index (χ2v) is 9.22. The minimum absolute atomic E-state index is 0.0305. The number of nitrogens with zero attached hydrogens (tertiary/aromatic N) is 4. The summed E-state index contributed by atoms with van der Waals surface area (Å²) in [6.07, 6.45) is 0.594. The molecule has 0 radical (unpaired) electrons. The second-order valence-electron chi connectivity index (χ2n) is 7.34. The van der Waals surface area contributed by atoms with Gasteiger partial charge in [0.05, 0.1) is 6.61 Å². The van der Waals surface area contributed by atoms with Crippen LogP contribution in [0.5, 0.6) is 0 Å². The van der Waals surface area contributed by atoms with Gasteiger partial charge in [-0.15, -0.1) is 0 Å². The van der Waals surface area contributed by atoms with Crippen LogP contribution < -0.4 is 0 Å². The molecule has 11 heteroatoms. The van der Waals surface area contributed by atoms with Crippen molar-refractivity contribution in [3.63, 3.8) is 0 Å². The Kier molecular flexibility index (Phi) is 6.47. The van der Waals surface area contributed by atoms with Gasteiger partial charge < -0.3 is 19.1 Å². The summed E-state index contributed by atoms with van der Waals surface area (Å²) in [6.45, 7) is 7.67. The molecular weight excluding hydrogens is 400 g/mol. The molecule has 162 valence electrons. The standard InChI is InChI=1S/C18H28N4O6S/c1-4-27-18(24)21-11-9-20(10-12-21)17(23)15-5-7-22(8-6-15)29(25,26)16-13(2)19-28-14(16)3/h15H,4-12H2,1-3H3. The summed E-state index contributed by atoms with van der Waals surface area (Å²) in [7, 11) is -3.68. The Labute approximate surface area is 170 Å². The Hall–Kier alpha value is -2.14. The quantitative estimate of drug-likeness (QED) is 0.703. The van der Waals surface area contributed by atoms with Gasteiger partial charge in [0.15, 0.2) is 5.76 Å². The summed E-state index contributed by atoms with van der Waals surface area (Å²) in [5.74, 6) is 0.100. The zero-order chi connectivity index (χ0) is 21.2. The molecule has 0 spiro atoms. The van der Waals surface area contributed by atoms with Crippen molar-refractivity contribution in [1.29, 1.82) is 0 Å². The number of piperazine rings is 1. The smallest absolute Gasteiger partial charge is 0.409 e. The van der Waals surface area contributed by atoms with Crippen LogP contribution in [0.3, 0.4) is 0 Å². The SMILES string of the molecule is CCOC(=O)N1CCN(C(=O)C2CCN(S(=O)(=O)c3c(C)noc3C)CC2)CC1. The van der Waals surface area contributed by atoms with Gasteiger partial charge in [-0.25, -0.2) is 13.2 Å². The summed E-state index contributed by atoms with van der Waals surface area (Å²) in [4.78, 5) is 28.1. The first-order valence-corrected chi connectivity index (χ1v) is 11.3. The number of aromatic nitrogens is 1. The van der Waals surface area contributed by atoms with Crippen molar-refractivity contribution in [3.05, 3.63) is 11.5 Å². The lowest BCUT2D eigenvalue weighted by molar-refractivity contribution is -0.138. The molecule has 0 N–H and O–H groups in total. The number of aryl methyl sites for hydroxylation is 2. The Morgan fingerprint density at radius 2 is 1.66 bits per heavy atom. The molecule has 10 nitrogen and oxygen atoms in total. The minimum atomic E-state index is -3.68. The zero-order valence-electron chi connectivity index (χ0n) is 17.1. The monoisotopic (exact) mass is 428 g/mol. The fourth-order valence-electron chi connectivity index (χ4n) is 3.90. The number of piperidine rings is 1. The third-order valence-electron chi connectivity index (χ3n) is 5.49. The average molecular weight is 429 g/mol. The van der Waals surface area contributed by atoms with Crippen molar-refractivity contribution in [3.8, 4) is 0 Å². The zero-order valence-corrected chi connectivity index (χ0v) is 17.9. The largest absolute Gasteiger partial charge is 0.450 e. The van der Waals surface area contributed by atoms with E-state index in [0.29, 0.717) is 51.3 Å². The van der Waals surface area contributed by atoms with Crippen LogP contribution in [0.4, 0.5) is 4.79 Å². The number of carbonyl (C=O) groups excluding carboxylic acids is 2. The van der Waals surface area contributed by atoms with Gasteiger partial charge in [0.2, 0.25) is 15.9 Å². The summed E-state index contributed by atoms with van der Waals surface area (Å²) in [5, 5.41) is 3.73. The number of carbonyl (C=O) groups is 2. The van der Waals surface area contributed by atoms with E-state index in [9.17, 15) is 18.0 Å². The van der Waals surface area contributed by atoms with Gasteiger partial charge in [0.1, 0.15) is 10.6 Å². The number of sulfonamides is 1. The molecule has 2 fully saturated rings. The molecule has 0 unspecified atom stereocenters. The van der Waals surface area contributed by atoms with Crippen LogP contribution in [0.25, 0.3) is 0 Å². The fourth-order valence-corrected chi connectivity index (χ4v) is 5.66. The van der Waals surface area contributed by atoms with Crippen molar-refractivity contribution in [2.45, 2.75) is 38.5 Å². The Morgan fingerprint density at radius 1 is 1.07 bits per heavy atom. The summed E-state index contributed by atoms with van der Waals surface area (Å²) < 4.78 is 37.2. The maximum atomic E-state index is 12.9. The Bertz CT molecular complexity index is 832. The van der Waals surface area contributed by atoms with E-state index in [-0.39, 0.29) is 41.7 Å². The van der Waals surface area contributed by atoms with Gasteiger partial charge >= 0.3 is 6.09 Å². The average Bonchev–Trinajstić information content (AvgIpc) is 3.06. The first-order valence-electron chi connectivity index (χ1n) is 9.89. The van der Waals surface area contributed by atoms with Crippen LogP contribution in [-0.4, -0.2) is 85.6 Å². The van der Waals surface area contributed by atoms with Crippen molar-refractivity contribution in [1.82, 2.24) is 19.3 Å². The maximum absolute atomic E-state index is 12.9. The summed E-state index contributed by atoms with van der Waals surface area (Å²) in [6, 6.07) is 0. The van der Waals surface area contributed by atoms with Gasteiger partial charge in [-0.3, -0.25) is 4.79 Å². The van der Waals surface area contributed by atoms with E-state index in [1.165, 1.54) is 4.31 Å². The van der Waals surface area contributed by atoms with Gasteiger partial charge in [0, 0.05) is 45.2 Å². The Balaban J connectivity index is 1.55. The summed E-state index contributed by atoms with van der Waals surface area (Å²) >= 11 is 0. The number of amides is 2. The molecule has 0 saturated carbocycles. The molecule has 0 aromatic carbocycles. The topological polar surface area (TPSA) is 113 Å². The molecule has 0 atom stereocenters. The number of rotatable bonds is 4. The number of ether oxygens (including phenoxy) is 1. The third kappa shape index (κ3) is 4.40. The van der Waals surface area contributed by atoms with Crippen LogP contribution >= 0.6 is 0 Å². The molecule has 3 heterocycles. The highest BCUT2D eigenvalue weighted by atomic mass is 32.2. The lowest BCUT2D eigenvalue weighted by Crippen LogP contribution is -2.53. The fraction of sp³-hybridized carbons (Fsp3) is 0.722. The minimum Gasteiger partial charge on any atom is -0.450 e. The van der Waals surface area contributed by atoms with Crippen LogP contribution in [0.2, 0.25) is 0 Å². The van der Waals surface area contributed by atoms with Crippen molar-refractivity contribution < 1.29 is 27.3 Å². The first kappa shape index (κ1) is 21.6. The van der Waals surface area contributed by atoms with Crippen LogP contribution in [-0.2, 0) is 19.6 Å². The molecule has 3 rings (SSSR count). The number of hydrogen-bond donors (Lipinski definition) is 0. The first-order chi connectivity index (χ1) is 13.8. The van der Waals surface area contributed by atoms with E-state index in [1.807, 2.05) is 0 Å². The highest BCUT2D eigenvalue weighted by molar-refractivity contribution is 7.89. The van der Waals surface area contributed by atoms with Gasteiger partial charge in [0.25, 0.3) is 0 Å². The predicted molar refractivity (Wildman–Crippen MR) is 103 cm³/mol.